The van der Waals surface area contributed by atoms with Crippen molar-refractivity contribution in [2.45, 2.75) is 105 Å². The lowest BCUT2D eigenvalue weighted by Gasteiger charge is -2.57. The zero-order valence-corrected chi connectivity index (χ0v) is 21.2. The van der Waals surface area contributed by atoms with E-state index >= 15 is 0 Å². The Morgan fingerprint density at radius 1 is 1.12 bits per heavy atom. The van der Waals surface area contributed by atoms with E-state index in [4.69, 9.17) is 0 Å². The zero-order chi connectivity index (χ0) is 23.6. The summed E-state index contributed by atoms with van der Waals surface area (Å²) in [7, 11) is 0. The number of hydrogen-bond donors (Lipinski definition) is 1. The van der Waals surface area contributed by atoms with Gasteiger partial charge in [-0.15, -0.1) is 0 Å². The van der Waals surface area contributed by atoms with Crippen molar-refractivity contribution >= 4 is 11.6 Å². The van der Waals surface area contributed by atoms with E-state index in [-0.39, 0.29) is 28.4 Å². The van der Waals surface area contributed by atoms with Crippen LogP contribution in [-0.4, -0.2) is 22.3 Å². The van der Waals surface area contributed by atoms with Crippen molar-refractivity contribution < 1.29 is 14.7 Å². The Morgan fingerprint density at radius 2 is 1.81 bits per heavy atom. The number of ketones is 2. The first kappa shape index (κ1) is 23.9. The van der Waals surface area contributed by atoms with Crippen molar-refractivity contribution in [3.05, 3.63) is 23.3 Å². The predicted molar refractivity (Wildman–Crippen MR) is 129 cm³/mol. The van der Waals surface area contributed by atoms with Crippen molar-refractivity contribution in [1.82, 2.24) is 0 Å². The molecule has 2 saturated carbocycles. The van der Waals surface area contributed by atoms with Crippen LogP contribution in [0.2, 0.25) is 0 Å². The van der Waals surface area contributed by atoms with Crippen LogP contribution in [0.4, 0.5) is 0 Å². The van der Waals surface area contributed by atoms with Gasteiger partial charge in [-0.3, -0.25) is 9.59 Å². The molecule has 3 heteroatoms. The Labute approximate surface area is 195 Å². The van der Waals surface area contributed by atoms with Crippen molar-refractivity contribution in [3.63, 3.8) is 0 Å². The predicted octanol–water partition coefficient (Wildman–Crippen LogP) is 6.45. The third-order valence-corrected chi connectivity index (χ3v) is 10.7. The monoisotopic (exact) mass is 440 g/mol. The summed E-state index contributed by atoms with van der Waals surface area (Å²) >= 11 is 0. The second kappa shape index (κ2) is 7.93. The van der Waals surface area contributed by atoms with Gasteiger partial charge in [0.2, 0.25) is 0 Å². The van der Waals surface area contributed by atoms with Gasteiger partial charge >= 0.3 is 0 Å². The summed E-state index contributed by atoms with van der Waals surface area (Å²) in [6, 6.07) is 0. The number of rotatable bonds is 5. The smallest absolute Gasteiger partial charge is 0.160 e. The number of Topliss-reactive ketones (excluding diaryl/α,β-unsaturated/α-hetero) is 2. The maximum Gasteiger partial charge on any atom is 0.160 e. The van der Waals surface area contributed by atoms with Crippen molar-refractivity contribution in [1.29, 1.82) is 0 Å². The number of carbonyl (C=O) groups is 2. The largest absolute Gasteiger partial charge is 0.385 e. The molecule has 3 nitrogen and oxygen atoms in total. The van der Waals surface area contributed by atoms with Crippen LogP contribution in [0.3, 0.4) is 0 Å². The summed E-state index contributed by atoms with van der Waals surface area (Å²) in [6.45, 7) is 17.4. The van der Waals surface area contributed by atoms with E-state index in [0.29, 0.717) is 36.4 Å². The van der Waals surface area contributed by atoms with E-state index in [2.05, 4.69) is 48.1 Å². The first-order valence-electron chi connectivity index (χ1n) is 13.1. The molecule has 0 aromatic heterocycles. The van der Waals surface area contributed by atoms with Crippen LogP contribution in [0.1, 0.15) is 99.3 Å². The molecule has 4 aliphatic rings. The summed E-state index contributed by atoms with van der Waals surface area (Å²) in [6.07, 6.45) is 7.32. The highest BCUT2D eigenvalue weighted by Gasteiger charge is 2.65. The van der Waals surface area contributed by atoms with Crippen LogP contribution in [0.15, 0.2) is 23.3 Å². The van der Waals surface area contributed by atoms with Crippen LogP contribution in [-0.2, 0) is 9.59 Å². The second-order valence-electron chi connectivity index (χ2n) is 12.5. The SMILES string of the molecule is C=C(CC[C@@H](C)[C@H]1CC[C@@]2(O)C3=C(C(=O)C[C@]12C)[C@@]1(C)CCC(=O)[C@@H](C)[C@@H]1CC3)C(C)C. The molecule has 0 heterocycles. The number of fused-ring (bicyclic) bond motifs is 4. The lowest BCUT2D eigenvalue weighted by molar-refractivity contribution is -0.138. The number of hydrogen-bond acceptors (Lipinski definition) is 3. The van der Waals surface area contributed by atoms with Crippen molar-refractivity contribution in [2.24, 2.45) is 40.4 Å². The highest BCUT2D eigenvalue weighted by atomic mass is 16.3. The number of allylic oxidation sites excluding steroid dienone is 2. The van der Waals surface area contributed by atoms with Gasteiger partial charge in [0.1, 0.15) is 5.78 Å². The molecule has 0 aromatic carbocycles. The van der Waals surface area contributed by atoms with Gasteiger partial charge in [0.05, 0.1) is 5.60 Å². The minimum atomic E-state index is -0.872. The molecule has 4 rings (SSSR count). The van der Waals surface area contributed by atoms with E-state index in [9.17, 15) is 14.7 Å². The molecule has 0 aromatic rings. The van der Waals surface area contributed by atoms with Gasteiger partial charge in [-0.2, -0.15) is 0 Å². The first-order chi connectivity index (χ1) is 14.9. The van der Waals surface area contributed by atoms with Crippen LogP contribution >= 0.6 is 0 Å². The molecule has 1 N–H and O–H groups in total. The molecule has 178 valence electrons. The number of aliphatic hydroxyl groups is 1. The molecule has 0 saturated heterocycles. The van der Waals surface area contributed by atoms with Crippen LogP contribution in [0.25, 0.3) is 0 Å². The van der Waals surface area contributed by atoms with Gasteiger partial charge in [0.25, 0.3) is 0 Å². The van der Waals surface area contributed by atoms with E-state index in [1.807, 2.05) is 0 Å². The molecule has 0 aliphatic heterocycles. The highest BCUT2D eigenvalue weighted by molar-refractivity contribution is 6.00. The minimum absolute atomic E-state index is 0.0176. The van der Waals surface area contributed by atoms with Crippen LogP contribution in [0, 0.1) is 40.4 Å². The normalized spacial score (nSPS) is 42.6. The minimum Gasteiger partial charge on any atom is -0.385 e. The Morgan fingerprint density at radius 3 is 2.47 bits per heavy atom. The van der Waals surface area contributed by atoms with Gasteiger partial charge in [-0.05, 0) is 79.6 Å². The summed E-state index contributed by atoms with van der Waals surface area (Å²) in [4.78, 5) is 26.3. The summed E-state index contributed by atoms with van der Waals surface area (Å²) in [5.74, 6) is 2.17. The molecular formula is C29H44O3. The standard InChI is InChI=1S/C29H44O3/c1-17(2)18(3)8-9-19(4)21-12-15-29(32)23-11-10-22-20(5)24(30)13-14-27(22,6)26(23)25(31)16-28(21,29)7/h17,19-22,32H,3,8-16H2,1-2,4-7H3/t19-,20+,21-,22+,27+,28-,29-/m1/s1. The van der Waals surface area contributed by atoms with Crippen molar-refractivity contribution in [3.8, 4) is 0 Å². The Hall–Kier alpha value is -1.22. The average Bonchev–Trinajstić information content (AvgIpc) is 3.00. The third-order valence-electron chi connectivity index (χ3n) is 10.7. The molecule has 0 bridgehead atoms. The number of carbonyl (C=O) groups excluding carboxylic acids is 2. The van der Waals surface area contributed by atoms with Gasteiger partial charge in [-0.25, -0.2) is 0 Å². The first-order valence-corrected chi connectivity index (χ1v) is 13.1. The van der Waals surface area contributed by atoms with E-state index in [0.717, 1.165) is 56.1 Å². The maximum absolute atomic E-state index is 13.8. The quantitative estimate of drug-likeness (QED) is 0.500. The molecule has 32 heavy (non-hydrogen) atoms. The van der Waals surface area contributed by atoms with Crippen molar-refractivity contribution in [2.75, 3.05) is 0 Å². The third kappa shape index (κ3) is 3.24. The molecule has 0 amide bonds. The average molecular weight is 441 g/mol. The fourth-order valence-corrected chi connectivity index (χ4v) is 8.41. The molecule has 7 atom stereocenters. The zero-order valence-electron chi connectivity index (χ0n) is 21.2. The van der Waals surface area contributed by atoms with E-state index in [1.165, 1.54) is 5.57 Å². The molecular weight excluding hydrogens is 396 g/mol. The van der Waals surface area contributed by atoms with Gasteiger partial charge in [0.15, 0.2) is 5.78 Å². The fourth-order valence-electron chi connectivity index (χ4n) is 8.41. The lowest BCUT2D eigenvalue weighted by atomic mass is 9.47. The topological polar surface area (TPSA) is 54.4 Å². The molecule has 2 fully saturated rings. The summed E-state index contributed by atoms with van der Waals surface area (Å²) in [5.41, 5.74) is 1.76. The fraction of sp³-hybridized carbons (Fsp3) is 0.793. The lowest BCUT2D eigenvalue weighted by Crippen LogP contribution is -2.57. The van der Waals surface area contributed by atoms with E-state index < -0.39 is 5.60 Å². The Balaban J connectivity index is 1.67. The maximum atomic E-state index is 13.8. The van der Waals surface area contributed by atoms with E-state index in [1.54, 1.807) is 0 Å². The Kier molecular flexibility index (Phi) is 5.93. The molecule has 0 spiro atoms. The van der Waals surface area contributed by atoms with Gasteiger partial charge in [-0.1, -0.05) is 53.7 Å². The van der Waals surface area contributed by atoms with Gasteiger partial charge < -0.3 is 5.11 Å². The summed E-state index contributed by atoms with van der Waals surface area (Å²) in [5, 5.41) is 12.3. The second-order valence-corrected chi connectivity index (χ2v) is 12.5. The van der Waals surface area contributed by atoms with Crippen LogP contribution < -0.4 is 0 Å². The van der Waals surface area contributed by atoms with Gasteiger partial charge in [0, 0.05) is 29.7 Å². The molecule has 0 unspecified atom stereocenters. The highest BCUT2D eigenvalue weighted by Crippen LogP contribution is 2.67. The summed E-state index contributed by atoms with van der Waals surface area (Å²) < 4.78 is 0. The molecule has 4 aliphatic carbocycles. The molecule has 0 radical (unpaired) electrons. The van der Waals surface area contributed by atoms with Crippen LogP contribution in [0.5, 0.6) is 0 Å². The Bertz CT molecular complexity index is 866.